The molecular formula is C27H28N2O8. The average Bonchev–Trinajstić information content (AvgIpc) is 2.91. The van der Waals surface area contributed by atoms with Gasteiger partial charge in [0.2, 0.25) is 0 Å². The summed E-state index contributed by atoms with van der Waals surface area (Å²) in [4.78, 5) is 36.5. The first-order chi connectivity index (χ1) is 17.8. The largest absolute Gasteiger partial charge is 0.506 e. The summed E-state index contributed by atoms with van der Waals surface area (Å²) in [5, 5.41) is 24.7. The number of carboxylic acid groups (broad SMARTS) is 1. The fraction of sp³-hybridized carbons (Fsp3) is 0.222. The number of aromatic carboxylic acids is 1. The van der Waals surface area contributed by atoms with Crippen LogP contribution in [-0.4, -0.2) is 42.4 Å². The number of amides is 2. The number of para-hydroxylation sites is 2. The highest BCUT2D eigenvalue weighted by Gasteiger charge is 2.20. The number of nitrogens with one attached hydrogen (secondary N) is 2. The zero-order valence-electron chi connectivity index (χ0n) is 20.6. The van der Waals surface area contributed by atoms with Crippen LogP contribution in [0.1, 0.15) is 51.2 Å². The summed E-state index contributed by atoms with van der Waals surface area (Å²) in [6, 6.07) is 15.7. The number of alkyl carbamates (subject to hydrolysis) is 1. The van der Waals surface area contributed by atoms with E-state index in [2.05, 4.69) is 10.6 Å². The van der Waals surface area contributed by atoms with Crippen LogP contribution in [0.3, 0.4) is 0 Å². The van der Waals surface area contributed by atoms with E-state index in [9.17, 15) is 24.6 Å². The van der Waals surface area contributed by atoms with Gasteiger partial charge >= 0.3 is 12.1 Å². The minimum atomic E-state index is -1.20. The molecule has 0 aliphatic carbocycles. The van der Waals surface area contributed by atoms with Gasteiger partial charge in [-0.1, -0.05) is 31.2 Å². The lowest BCUT2D eigenvalue weighted by Gasteiger charge is -2.18. The van der Waals surface area contributed by atoms with Crippen LogP contribution < -0.4 is 20.1 Å². The molecule has 0 bridgehead atoms. The second-order valence-electron chi connectivity index (χ2n) is 7.96. The Kier molecular flexibility index (Phi) is 8.93. The van der Waals surface area contributed by atoms with Gasteiger partial charge in [-0.25, -0.2) is 9.59 Å². The molecule has 0 unspecified atom stereocenters. The highest BCUT2D eigenvalue weighted by molar-refractivity contribution is 6.05. The number of anilines is 1. The zero-order valence-corrected chi connectivity index (χ0v) is 20.6. The molecule has 0 heterocycles. The fourth-order valence-electron chi connectivity index (χ4n) is 3.65. The number of benzene rings is 3. The van der Waals surface area contributed by atoms with Gasteiger partial charge in [0.25, 0.3) is 5.91 Å². The molecule has 10 heteroatoms. The maximum Gasteiger partial charge on any atom is 0.407 e. The van der Waals surface area contributed by atoms with Gasteiger partial charge in [0.1, 0.15) is 29.4 Å². The van der Waals surface area contributed by atoms with Crippen molar-refractivity contribution in [2.24, 2.45) is 0 Å². The Morgan fingerprint density at radius 3 is 2.11 bits per heavy atom. The molecule has 4 N–H and O–H groups in total. The summed E-state index contributed by atoms with van der Waals surface area (Å²) in [6.07, 6.45) is -0.110. The van der Waals surface area contributed by atoms with Crippen LogP contribution >= 0.6 is 0 Å². The van der Waals surface area contributed by atoms with Gasteiger partial charge in [-0.3, -0.25) is 4.79 Å². The van der Waals surface area contributed by atoms with E-state index < -0.39 is 12.1 Å². The van der Waals surface area contributed by atoms with Crippen molar-refractivity contribution in [3.05, 3.63) is 82.9 Å². The van der Waals surface area contributed by atoms with E-state index in [4.69, 9.17) is 14.2 Å². The quantitative estimate of drug-likeness (QED) is 0.288. The van der Waals surface area contributed by atoms with Crippen molar-refractivity contribution in [2.45, 2.75) is 26.0 Å². The molecule has 0 saturated heterocycles. The zero-order chi connectivity index (χ0) is 26.9. The number of carbonyl (C=O) groups excluding carboxylic acids is 2. The number of phenolic OH excluding ortho intramolecular Hbond substituents is 1. The fourth-order valence-corrected chi connectivity index (χ4v) is 3.65. The van der Waals surface area contributed by atoms with Crippen molar-refractivity contribution >= 4 is 23.7 Å². The number of methoxy groups -OCH3 is 2. The summed E-state index contributed by atoms with van der Waals surface area (Å²) < 4.78 is 15.6. The number of carboxylic acids is 1. The van der Waals surface area contributed by atoms with Crippen molar-refractivity contribution in [3.8, 4) is 17.2 Å². The van der Waals surface area contributed by atoms with E-state index in [1.807, 2.05) is 6.92 Å². The molecule has 3 aromatic carbocycles. The molecule has 0 aromatic heterocycles. The molecule has 37 heavy (non-hydrogen) atoms. The van der Waals surface area contributed by atoms with Crippen LogP contribution in [-0.2, 0) is 11.3 Å². The maximum atomic E-state index is 12.5. The molecule has 0 radical (unpaired) electrons. The molecular weight excluding hydrogens is 480 g/mol. The van der Waals surface area contributed by atoms with Crippen molar-refractivity contribution in [1.82, 2.24) is 5.32 Å². The Morgan fingerprint density at radius 1 is 0.946 bits per heavy atom. The smallest absolute Gasteiger partial charge is 0.407 e. The first kappa shape index (κ1) is 26.9. The molecule has 3 rings (SSSR count). The number of aromatic hydroxyl groups is 1. The van der Waals surface area contributed by atoms with Crippen LogP contribution in [0.5, 0.6) is 17.2 Å². The predicted molar refractivity (Wildman–Crippen MR) is 135 cm³/mol. The Labute approximate surface area is 213 Å². The summed E-state index contributed by atoms with van der Waals surface area (Å²) in [6.45, 7) is 1.75. The third kappa shape index (κ3) is 6.69. The third-order valence-corrected chi connectivity index (χ3v) is 5.58. The maximum absolute atomic E-state index is 12.5. The van der Waals surface area contributed by atoms with Crippen LogP contribution in [0.4, 0.5) is 10.5 Å². The summed E-state index contributed by atoms with van der Waals surface area (Å²) >= 11 is 0. The van der Waals surface area contributed by atoms with Crippen molar-refractivity contribution in [3.63, 3.8) is 0 Å². The lowest BCUT2D eigenvalue weighted by molar-refractivity contribution is 0.0688. The number of carbonyl (C=O) groups is 3. The van der Waals surface area contributed by atoms with Crippen molar-refractivity contribution in [2.75, 3.05) is 19.5 Å². The standard InChI is InChI=1S/C27H28N2O8/c1-4-19(17-9-11-18(12-10-17)25(31)28-20-7-5-6-8-21(20)30)29-27(34)37-15-16-13-22(35-2)24(26(32)33)23(14-16)36-3/h5-14,19,30H,4,15H2,1-3H3,(H,28,31)(H,29,34)(H,32,33)/t19-/m0/s1. The number of ether oxygens (including phenoxy) is 3. The molecule has 3 aromatic rings. The van der Waals surface area contributed by atoms with Crippen LogP contribution in [0.25, 0.3) is 0 Å². The average molecular weight is 509 g/mol. The molecule has 10 nitrogen and oxygen atoms in total. The van der Waals surface area contributed by atoms with Gasteiger partial charge in [0.05, 0.1) is 25.9 Å². The number of hydrogen-bond donors (Lipinski definition) is 4. The summed E-state index contributed by atoms with van der Waals surface area (Å²) in [7, 11) is 2.68. The molecule has 0 saturated carbocycles. The van der Waals surface area contributed by atoms with E-state index in [0.717, 1.165) is 5.56 Å². The highest BCUT2D eigenvalue weighted by atomic mass is 16.5. The lowest BCUT2D eigenvalue weighted by Crippen LogP contribution is -2.28. The van der Waals surface area contributed by atoms with E-state index in [0.29, 0.717) is 23.2 Å². The van der Waals surface area contributed by atoms with E-state index in [-0.39, 0.29) is 41.4 Å². The van der Waals surface area contributed by atoms with Crippen LogP contribution in [0.15, 0.2) is 60.7 Å². The molecule has 2 amide bonds. The van der Waals surface area contributed by atoms with Crippen molar-refractivity contribution in [1.29, 1.82) is 0 Å². The Hall–Kier alpha value is -4.73. The van der Waals surface area contributed by atoms with Gasteiger partial charge in [-0.05, 0) is 53.9 Å². The van der Waals surface area contributed by atoms with Crippen LogP contribution in [0.2, 0.25) is 0 Å². The number of rotatable bonds is 10. The topological polar surface area (TPSA) is 143 Å². The monoisotopic (exact) mass is 508 g/mol. The first-order valence-corrected chi connectivity index (χ1v) is 11.4. The Balaban J connectivity index is 1.62. The van der Waals surface area contributed by atoms with Crippen molar-refractivity contribution < 1.29 is 38.8 Å². The molecule has 0 fully saturated rings. The molecule has 1 atom stereocenters. The van der Waals surface area contributed by atoms with E-state index in [1.54, 1.807) is 42.5 Å². The lowest BCUT2D eigenvalue weighted by atomic mass is 10.0. The van der Waals surface area contributed by atoms with Gasteiger partial charge in [-0.2, -0.15) is 0 Å². The predicted octanol–water partition coefficient (Wildman–Crippen LogP) is 4.74. The van der Waals surface area contributed by atoms with E-state index >= 15 is 0 Å². The molecule has 0 aliphatic rings. The van der Waals surface area contributed by atoms with Gasteiger partial charge in [0, 0.05) is 5.56 Å². The van der Waals surface area contributed by atoms with Crippen LogP contribution in [0, 0.1) is 0 Å². The Bertz CT molecular complexity index is 1250. The second-order valence-corrected chi connectivity index (χ2v) is 7.96. The normalized spacial score (nSPS) is 11.2. The number of phenols is 1. The minimum Gasteiger partial charge on any atom is -0.506 e. The second kappa shape index (κ2) is 12.3. The van der Waals surface area contributed by atoms with E-state index in [1.165, 1.54) is 32.4 Å². The SMILES string of the molecule is CC[C@H](NC(=O)OCc1cc(OC)c(C(=O)O)c(OC)c1)c1ccc(C(=O)Nc2ccccc2O)cc1. The third-order valence-electron chi connectivity index (χ3n) is 5.58. The summed E-state index contributed by atoms with van der Waals surface area (Å²) in [5.41, 5.74) is 1.83. The van der Waals surface area contributed by atoms with Gasteiger partial charge in [0.15, 0.2) is 0 Å². The Morgan fingerprint density at radius 2 is 1.57 bits per heavy atom. The minimum absolute atomic E-state index is 0.0315. The van der Waals surface area contributed by atoms with Gasteiger partial charge in [-0.15, -0.1) is 0 Å². The highest BCUT2D eigenvalue weighted by Crippen LogP contribution is 2.31. The first-order valence-electron chi connectivity index (χ1n) is 11.4. The summed E-state index contributed by atoms with van der Waals surface area (Å²) in [5.74, 6) is -1.44. The number of hydrogen-bond acceptors (Lipinski definition) is 7. The van der Waals surface area contributed by atoms with Gasteiger partial charge < -0.3 is 35.1 Å². The molecule has 0 aliphatic heterocycles. The molecule has 0 spiro atoms. The molecule has 194 valence electrons.